The summed E-state index contributed by atoms with van der Waals surface area (Å²) in [6, 6.07) is 8.47. The Morgan fingerprint density at radius 1 is 1.22 bits per heavy atom. The Balaban J connectivity index is 1.08. The highest BCUT2D eigenvalue weighted by atomic mass is 19.1. The smallest absolute Gasteiger partial charge is 0.246 e. The number of hydrogen-bond acceptors (Lipinski definition) is 3. The lowest BCUT2D eigenvalue weighted by molar-refractivity contribution is -0.128. The zero-order chi connectivity index (χ0) is 25.9. The van der Waals surface area contributed by atoms with Gasteiger partial charge in [0.2, 0.25) is 5.91 Å². The molecule has 0 radical (unpaired) electrons. The summed E-state index contributed by atoms with van der Waals surface area (Å²) in [5.74, 6) is 0.519. The molecule has 4 atom stereocenters. The molecule has 0 bridgehead atoms. The zero-order valence-electron chi connectivity index (χ0n) is 21.5. The van der Waals surface area contributed by atoms with Gasteiger partial charge in [-0.2, -0.15) is 0 Å². The van der Waals surface area contributed by atoms with E-state index in [2.05, 4.69) is 47.3 Å². The van der Waals surface area contributed by atoms with Crippen LogP contribution in [0.2, 0.25) is 0 Å². The van der Waals surface area contributed by atoms with Gasteiger partial charge in [-0.15, -0.1) is 0 Å². The predicted molar refractivity (Wildman–Crippen MR) is 142 cm³/mol. The number of amides is 1. The highest BCUT2D eigenvalue weighted by molar-refractivity contribution is 5.88. The highest BCUT2D eigenvalue weighted by Crippen LogP contribution is 2.37. The highest BCUT2D eigenvalue weighted by Gasteiger charge is 2.32. The van der Waals surface area contributed by atoms with E-state index >= 15 is 0 Å². The van der Waals surface area contributed by atoms with Crippen LogP contribution in [0.15, 0.2) is 66.2 Å². The Morgan fingerprint density at radius 3 is 2.76 bits per heavy atom. The summed E-state index contributed by atoms with van der Waals surface area (Å²) in [4.78, 5) is 20.1. The first-order valence-corrected chi connectivity index (χ1v) is 13.5. The molecule has 37 heavy (non-hydrogen) atoms. The molecule has 7 heteroatoms. The van der Waals surface area contributed by atoms with E-state index in [4.69, 9.17) is 0 Å². The maximum absolute atomic E-state index is 13.5. The van der Waals surface area contributed by atoms with Crippen LogP contribution in [-0.4, -0.2) is 70.8 Å². The fourth-order valence-electron chi connectivity index (χ4n) is 6.30. The van der Waals surface area contributed by atoms with E-state index in [-0.39, 0.29) is 18.2 Å². The summed E-state index contributed by atoms with van der Waals surface area (Å²) in [6.45, 7) is 6.08. The number of nitrogens with zero attached hydrogens (tertiary/aromatic N) is 2. The van der Waals surface area contributed by atoms with Crippen molar-refractivity contribution < 1.29 is 18.7 Å². The van der Waals surface area contributed by atoms with E-state index < -0.39 is 18.1 Å². The Kier molecular flexibility index (Phi) is 7.91. The van der Waals surface area contributed by atoms with Gasteiger partial charge in [-0.25, -0.2) is 8.78 Å². The fraction of sp³-hybridized carbons (Fsp3) is 0.500. The van der Waals surface area contributed by atoms with E-state index in [1.807, 2.05) is 0 Å². The number of aromatic nitrogens is 1. The largest absolute Gasteiger partial charge is 0.392 e. The number of likely N-dealkylation sites (tertiary alicyclic amines) is 2. The number of alkyl halides is 1. The summed E-state index contributed by atoms with van der Waals surface area (Å²) >= 11 is 0. The monoisotopic (exact) mass is 509 g/mol. The molecule has 1 aromatic heterocycles. The van der Waals surface area contributed by atoms with E-state index in [1.165, 1.54) is 40.8 Å². The van der Waals surface area contributed by atoms with Crippen molar-refractivity contribution in [3.63, 3.8) is 0 Å². The normalized spacial score (nSPS) is 26.9. The van der Waals surface area contributed by atoms with Crippen LogP contribution in [0.4, 0.5) is 8.78 Å². The molecule has 1 aromatic carbocycles. The van der Waals surface area contributed by atoms with Crippen LogP contribution in [0.1, 0.15) is 44.1 Å². The average molecular weight is 510 g/mol. The second-order valence-corrected chi connectivity index (χ2v) is 11.0. The number of allylic oxidation sites excluding steroid dienone is 5. The molecule has 2 saturated heterocycles. The van der Waals surface area contributed by atoms with E-state index in [0.29, 0.717) is 37.0 Å². The number of carbonyl (C=O) groups is 1. The van der Waals surface area contributed by atoms with Crippen molar-refractivity contribution in [2.75, 3.05) is 32.7 Å². The molecule has 5 nitrogen and oxygen atoms in total. The number of nitrogens with one attached hydrogen (secondary N) is 1. The first kappa shape index (κ1) is 25.9. The topological polar surface area (TPSA) is 59.6 Å². The average Bonchev–Trinajstić information content (AvgIpc) is 3.31. The maximum Gasteiger partial charge on any atom is 0.246 e. The van der Waals surface area contributed by atoms with Crippen LogP contribution < -0.4 is 0 Å². The van der Waals surface area contributed by atoms with Crippen LogP contribution in [0.3, 0.4) is 0 Å². The molecule has 3 heterocycles. The van der Waals surface area contributed by atoms with E-state index in [1.54, 1.807) is 4.90 Å². The number of fused-ring (bicyclic) bond motifs is 1. The number of aliphatic hydroxyl groups is 1. The fourth-order valence-corrected chi connectivity index (χ4v) is 6.30. The molecule has 0 saturated carbocycles. The number of piperidine rings is 2. The summed E-state index contributed by atoms with van der Waals surface area (Å²) in [5, 5.41) is 12.3. The van der Waals surface area contributed by atoms with Crippen molar-refractivity contribution in [3.8, 4) is 0 Å². The van der Waals surface area contributed by atoms with Gasteiger partial charge in [-0.3, -0.25) is 4.79 Å². The van der Waals surface area contributed by atoms with Gasteiger partial charge in [0.05, 0.1) is 6.10 Å². The molecular weight excluding hydrogens is 472 g/mol. The number of halogens is 2. The number of aliphatic hydroxyl groups excluding tert-OH is 1. The van der Waals surface area contributed by atoms with E-state index in [0.717, 1.165) is 32.4 Å². The summed E-state index contributed by atoms with van der Waals surface area (Å²) in [6.07, 6.45) is 8.24. The molecular formula is C30H37F2N3O2. The molecule has 2 aliphatic heterocycles. The van der Waals surface area contributed by atoms with Crippen LogP contribution >= 0.6 is 0 Å². The molecule has 1 aliphatic carbocycles. The lowest BCUT2D eigenvalue weighted by atomic mass is 9.81. The van der Waals surface area contributed by atoms with Gasteiger partial charge in [-0.1, -0.05) is 25.1 Å². The third-order valence-corrected chi connectivity index (χ3v) is 8.36. The van der Waals surface area contributed by atoms with Crippen LogP contribution in [-0.2, 0) is 4.79 Å². The Morgan fingerprint density at radius 2 is 2.00 bits per heavy atom. The molecule has 3 aliphatic rings. The number of benzene rings is 1. The Bertz CT molecular complexity index is 1190. The minimum absolute atomic E-state index is 0.156. The van der Waals surface area contributed by atoms with Crippen molar-refractivity contribution in [1.29, 1.82) is 0 Å². The molecule has 1 amide bonds. The van der Waals surface area contributed by atoms with Crippen molar-refractivity contribution in [2.24, 2.45) is 11.8 Å². The van der Waals surface area contributed by atoms with Crippen LogP contribution in [0, 0.1) is 11.8 Å². The van der Waals surface area contributed by atoms with Crippen molar-refractivity contribution >= 4 is 16.8 Å². The molecule has 2 aromatic rings. The van der Waals surface area contributed by atoms with E-state index in [9.17, 15) is 18.7 Å². The second kappa shape index (κ2) is 11.3. The number of carbonyl (C=O) groups excluding carboxylic acids is 1. The van der Waals surface area contributed by atoms with Gasteiger partial charge >= 0.3 is 0 Å². The minimum atomic E-state index is -1.35. The summed E-state index contributed by atoms with van der Waals surface area (Å²) < 4.78 is 26.9. The van der Waals surface area contributed by atoms with Crippen molar-refractivity contribution in [1.82, 2.24) is 14.8 Å². The van der Waals surface area contributed by atoms with Gasteiger partial charge in [0.15, 0.2) is 0 Å². The standard InChI is InChI=1S/C30H37F2N3O2/c1-20-18-34(11-10-25(20)27-17-33-28-5-3-2-4-26(27)28)19-29(36)22-8-12-35(13-9-22)30(37)7-6-21-14-23(31)16-24(32)15-21/h2-7,14-15,17,20,22-23,25,29,33,36H,8-13,16,18-19H2,1H3/b7-6+/t20-,23?,25+,29?/m1/s1. The molecule has 2 fully saturated rings. The van der Waals surface area contributed by atoms with Gasteiger partial charge < -0.3 is 19.9 Å². The van der Waals surface area contributed by atoms with Crippen LogP contribution in [0.25, 0.3) is 10.9 Å². The first-order chi connectivity index (χ1) is 17.9. The number of β-amino-alcohol motifs (C(OH)–C–C–N with tert-alkyl or cyclic N) is 1. The number of hydrogen-bond donors (Lipinski definition) is 2. The van der Waals surface area contributed by atoms with Gasteiger partial charge in [0.25, 0.3) is 0 Å². The predicted octanol–water partition coefficient (Wildman–Crippen LogP) is 5.27. The van der Waals surface area contributed by atoms with Crippen LogP contribution in [0.5, 0.6) is 0 Å². The number of aromatic amines is 1. The minimum Gasteiger partial charge on any atom is -0.392 e. The third kappa shape index (κ3) is 6.04. The number of para-hydroxylation sites is 1. The van der Waals surface area contributed by atoms with Crippen molar-refractivity contribution in [3.05, 3.63) is 71.7 Å². The maximum atomic E-state index is 13.5. The third-order valence-electron chi connectivity index (χ3n) is 8.36. The quantitative estimate of drug-likeness (QED) is 0.522. The number of rotatable bonds is 6. The first-order valence-electron chi connectivity index (χ1n) is 13.5. The SMILES string of the molecule is C[C@@H]1CN(CC(O)C2CCN(C(=O)/C=C/C3=CC(F)CC(F)=C3)CC2)CC[C@@H]1c1c[nH]c2ccccc12. The van der Waals surface area contributed by atoms with Gasteiger partial charge in [0, 0.05) is 55.8 Å². The molecule has 198 valence electrons. The molecule has 2 unspecified atom stereocenters. The lowest BCUT2D eigenvalue weighted by Crippen LogP contribution is -2.46. The lowest BCUT2D eigenvalue weighted by Gasteiger charge is -2.40. The summed E-state index contributed by atoms with van der Waals surface area (Å²) in [5.41, 5.74) is 2.98. The Hall–Kier alpha value is -2.77. The van der Waals surface area contributed by atoms with Gasteiger partial charge in [0.1, 0.15) is 12.0 Å². The second-order valence-electron chi connectivity index (χ2n) is 11.0. The van der Waals surface area contributed by atoms with Crippen molar-refractivity contribution in [2.45, 2.75) is 50.8 Å². The summed E-state index contributed by atoms with van der Waals surface area (Å²) in [7, 11) is 0. The molecule has 5 rings (SSSR count). The Labute approximate surface area is 217 Å². The van der Waals surface area contributed by atoms with Gasteiger partial charge in [-0.05, 0) is 79.0 Å². The molecule has 2 N–H and O–H groups in total. The molecule has 0 spiro atoms. The zero-order valence-corrected chi connectivity index (χ0v) is 21.5. The number of H-pyrrole nitrogens is 1.